The van der Waals surface area contributed by atoms with Gasteiger partial charge in [-0.25, -0.2) is 9.97 Å². The van der Waals surface area contributed by atoms with Gasteiger partial charge in [-0.1, -0.05) is 11.8 Å². The maximum Gasteiger partial charge on any atom is 0.313 e. The predicted molar refractivity (Wildman–Crippen MR) is 89.2 cm³/mol. The van der Waals surface area contributed by atoms with Gasteiger partial charge in [0.2, 0.25) is 0 Å². The van der Waals surface area contributed by atoms with E-state index in [2.05, 4.69) is 30.5 Å². The standard InChI is InChI=1S/C13H14BrN3O2S2/c14-8-5-10-12(15-6-8)17(9-1-3-20-4-2-9)13(16-10)21-7-11(18)19/h5-6,9H,1-4,7H2,(H,18,19). The third-order valence-corrected chi connectivity index (χ3v) is 5.76. The van der Waals surface area contributed by atoms with Crippen molar-refractivity contribution in [1.29, 1.82) is 0 Å². The molecule has 0 spiro atoms. The van der Waals surface area contributed by atoms with Crippen LogP contribution in [0.3, 0.4) is 0 Å². The summed E-state index contributed by atoms with van der Waals surface area (Å²) in [6.07, 6.45) is 3.92. The minimum absolute atomic E-state index is 0.0198. The second kappa shape index (κ2) is 6.58. The SMILES string of the molecule is O=C(O)CSc1nc2cc(Br)cnc2n1C1CCSCC1. The molecule has 8 heteroatoms. The molecule has 21 heavy (non-hydrogen) atoms. The summed E-state index contributed by atoms with van der Waals surface area (Å²) in [7, 11) is 0. The number of aliphatic carboxylic acids is 1. The van der Waals surface area contributed by atoms with Gasteiger partial charge >= 0.3 is 5.97 Å². The summed E-state index contributed by atoms with van der Waals surface area (Å²) < 4.78 is 3.02. The van der Waals surface area contributed by atoms with Gasteiger partial charge in [-0.3, -0.25) is 4.79 Å². The zero-order chi connectivity index (χ0) is 14.8. The van der Waals surface area contributed by atoms with Gasteiger partial charge < -0.3 is 9.67 Å². The Morgan fingerprint density at radius 1 is 1.52 bits per heavy atom. The molecule has 5 nitrogen and oxygen atoms in total. The maximum atomic E-state index is 10.8. The van der Waals surface area contributed by atoms with Gasteiger partial charge in [0.1, 0.15) is 5.52 Å². The molecule has 0 bridgehead atoms. The monoisotopic (exact) mass is 387 g/mol. The highest BCUT2D eigenvalue weighted by Crippen LogP contribution is 2.34. The second-order valence-electron chi connectivity index (χ2n) is 4.79. The summed E-state index contributed by atoms with van der Waals surface area (Å²) in [6, 6.07) is 2.29. The van der Waals surface area contributed by atoms with Gasteiger partial charge in [-0.2, -0.15) is 11.8 Å². The van der Waals surface area contributed by atoms with Crippen molar-refractivity contribution >= 4 is 56.6 Å². The Balaban J connectivity index is 2.03. The number of thioether (sulfide) groups is 2. The Labute approximate surface area is 139 Å². The zero-order valence-electron chi connectivity index (χ0n) is 11.2. The Bertz CT molecular complexity index is 671. The first kappa shape index (κ1) is 15.2. The number of hydrogen-bond donors (Lipinski definition) is 1. The molecule has 0 aromatic carbocycles. The van der Waals surface area contributed by atoms with Crippen molar-refractivity contribution in [3.05, 3.63) is 16.7 Å². The zero-order valence-corrected chi connectivity index (χ0v) is 14.4. The Hall–Kier alpha value is -0.730. The quantitative estimate of drug-likeness (QED) is 0.810. The number of pyridine rings is 1. The number of imidazole rings is 1. The van der Waals surface area contributed by atoms with Crippen molar-refractivity contribution in [3.8, 4) is 0 Å². The third kappa shape index (κ3) is 3.37. The van der Waals surface area contributed by atoms with Crippen LogP contribution in [0.2, 0.25) is 0 Å². The number of fused-ring (bicyclic) bond motifs is 1. The van der Waals surface area contributed by atoms with Crippen molar-refractivity contribution < 1.29 is 9.90 Å². The number of carboxylic acid groups (broad SMARTS) is 1. The topological polar surface area (TPSA) is 68.0 Å². The highest BCUT2D eigenvalue weighted by molar-refractivity contribution is 9.10. The average molecular weight is 388 g/mol. The molecule has 0 saturated carbocycles. The minimum Gasteiger partial charge on any atom is -0.481 e. The molecule has 0 aliphatic carbocycles. The normalized spacial score (nSPS) is 16.4. The van der Waals surface area contributed by atoms with Crippen molar-refractivity contribution in [3.63, 3.8) is 0 Å². The third-order valence-electron chi connectivity index (χ3n) is 3.34. The van der Waals surface area contributed by atoms with E-state index in [-0.39, 0.29) is 5.75 Å². The van der Waals surface area contributed by atoms with Crippen LogP contribution in [0.25, 0.3) is 11.2 Å². The summed E-state index contributed by atoms with van der Waals surface area (Å²) in [6.45, 7) is 0. The summed E-state index contributed by atoms with van der Waals surface area (Å²) >= 11 is 6.64. The first-order chi connectivity index (χ1) is 10.1. The van der Waals surface area contributed by atoms with Crippen LogP contribution in [-0.2, 0) is 4.79 Å². The molecule has 1 saturated heterocycles. The van der Waals surface area contributed by atoms with E-state index in [1.54, 1.807) is 6.20 Å². The highest BCUT2D eigenvalue weighted by atomic mass is 79.9. The first-order valence-corrected chi connectivity index (χ1v) is 9.54. The van der Waals surface area contributed by atoms with Crippen LogP contribution >= 0.6 is 39.5 Å². The number of carbonyl (C=O) groups is 1. The van der Waals surface area contributed by atoms with Crippen LogP contribution in [0, 0.1) is 0 Å². The van der Waals surface area contributed by atoms with Crippen LogP contribution in [0.4, 0.5) is 0 Å². The molecule has 1 N–H and O–H groups in total. The van der Waals surface area contributed by atoms with E-state index in [0.717, 1.165) is 45.1 Å². The molecule has 0 unspecified atom stereocenters. The minimum atomic E-state index is -0.827. The molecule has 1 aliphatic heterocycles. The fourth-order valence-electron chi connectivity index (χ4n) is 2.44. The fraction of sp³-hybridized carbons (Fsp3) is 0.462. The average Bonchev–Trinajstić information content (AvgIpc) is 2.83. The van der Waals surface area contributed by atoms with E-state index in [9.17, 15) is 4.79 Å². The Morgan fingerprint density at radius 3 is 3.00 bits per heavy atom. The van der Waals surface area contributed by atoms with E-state index in [1.807, 2.05) is 17.8 Å². The molecule has 0 radical (unpaired) electrons. The molecule has 2 aromatic rings. The van der Waals surface area contributed by atoms with Crippen LogP contribution in [0.1, 0.15) is 18.9 Å². The maximum absolute atomic E-state index is 10.8. The van der Waals surface area contributed by atoms with Gasteiger partial charge in [0, 0.05) is 16.7 Å². The summed E-state index contributed by atoms with van der Waals surface area (Å²) in [5, 5.41) is 9.67. The number of aromatic nitrogens is 3. The van der Waals surface area contributed by atoms with Gasteiger partial charge in [0.05, 0.1) is 5.75 Å². The summed E-state index contributed by atoms with van der Waals surface area (Å²) in [5.74, 6) is 1.45. The lowest BCUT2D eigenvalue weighted by atomic mass is 10.1. The summed E-state index contributed by atoms with van der Waals surface area (Å²) in [4.78, 5) is 19.9. The number of carboxylic acids is 1. The van der Waals surface area contributed by atoms with E-state index in [4.69, 9.17) is 5.11 Å². The number of nitrogens with zero attached hydrogens (tertiary/aromatic N) is 3. The lowest BCUT2D eigenvalue weighted by molar-refractivity contribution is -0.133. The summed E-state index contributed by atoms with van der Waals surface area (Å²) in [5.41, 5.74) is 1.67. The Kier molecular flexibility index (Phi) is 4.75. The van der Waals surface area contributed by atoms with Gasteiger partial charge in [-0.15, -0.1) is 0 Å². The van der Waals surface area contributed by atoms with Crippen LogP contribution < -0.4 is 0 Å². The first-order valence-electron chi connectivity index (χ1n) is 6.61. The molecule has 3 rings (SSSR count). The predicted octanol–water partition coefficient (Wildman–Crippen LogP) is 3.44. The Morgan fingerprint density at radius 2 is 2.29 bits per heavy atom. The van der Waals surface area contributed by atoms with Crippen molar-refractivity contribution in [2.24, 2.45) is 0 Å². The van der Waals surface area contributed by atoms with Crippen molar-refractivity contribution in [2.45, 2.75) is 24.0 Å². The van der Waals surface area contributed by atoms with E-state index < -0.39 is 5.97 Å². The number of hydrogen-bond acceptors (Lipinski definition) is 5. The molecular formula is C13H14BrN3O2S2. The van der Waals surface area contributed by atoms with E-state index >= 15 is 0 Å². The van der Waals surface area contributed by atoms with Gasteiger partial charge in [0.15, 0.2) is 10.8 Å². The van der Waals surface area contributed by atoms with Crippen LogP contribution in [0.15, 0.2) is 21.9 Å². The van der Waals surface area contributed by atoms with Gasteiger partial charge in [0.25, 0.3) is 0 Å². The van der Waals surface area contributed by atoms with Gasteiger partial charge in [-0.05, 0) is 46.3 Å². The fourth-order valence-corrected chi connectivity index (χ4v) is 4.63. The van der Waals surface area contributed by atoms with Crippen molar-refractivity contribution in [2.75, 3.05) is 17.3 Å². The van der Waals surface area contributed by atoms with Crippen LogP contribution in [-0.4, -0.2) is 42.9 Å². The largest absolute Gasteiger partial charge is 0.481 e. The number of rotatable bonds is 4. The number of halogens is 1. The molecule has 0 atom stereocenters. The molecule has 0 amide bonds. The van der Waals surface area contributed by atoms with E-state index in [0.29, 0.717) is 6.04 Å². The molecular weight excluding hydrogens is 374 g/mol. The van der Waals surface area contributed by atoms with E-state index in [1.165, 1.54) is 11.8 Å². The molecule has 1 aliphatic rings. The molecule has 3 heterocycles. The highest BCUT2D eigenvalue weighted by Gasteiger charge is 2.23. The van der Waals surface area contributed by atoms with Crippen LogP contribution in [0.5, 0.6) is 0 Å². The molecule has 2 aromatic heterocycles. The molecule has 1 fully saturated rings. The lowest BCUT2D eigenvalue weighted by Gasteiger charge is -2.24. The molecule has 112 valence electrons. The lowest BCUT2D eigenvalue weighted by Crippen LogP contribution is -2.16. The second-order valence-corrected chi connectivity index (χ2v) is 7.87. The smallest absolute Gasteiger partial charge is 0.313 e. The van der Waals surface area contributed by atoms with Crippen molar-refractivity contribution in [1.82, 2.24) is 14.5 Å².